The predicted octanol–water partition coefficient (Wildman–Crippen LogP) is 3.71. The quantitative estimate of drug-likeness (QED) is 0.694. The average molecular weight is 411 g/mol. The third-order valence-electron chi connectivity index (χ3n) is 4.59. The van der Waals surface area contributed by atoms with Crippen molar-refractivity contribution in [3.63, 3.8) is 0 Å². The lowest BCUT2D eigenvalue weighted by molar-refractivity contribution is -0.139. The highest BCUT2D eigenvalue weighted by Gasteiger charge is 2.28. The van der Waals surface area contributed by atoms with E-state index < -0.39 is 0 Å². The van der Waals surface area contributed by atoms with Crippen molar-refractivity contribution in [3.8, 4) is 0 Å². The third-order valence-corrected chi connectivity index (χ3v) is 5.09. The highest BCUT2D eigenvalue weighted by Crippen LogP contribution is 2.21. The molecule has 0 radical (unpaired) electrons. The summed E-state index contributed by atoms with van der Waals surface area (Å²) in [6.45, 7) is 6.51. The van der Waals surface area contributed by atoms with Gasteiger partial charge in [0.05, 0.1) is 0 Å². The molecule has 0 N–H and O–H groups in total. The zero-order chi connectivity index (χ0) is 18.4. The number of hydrogen-bond donors (Lipinski definition) is 0. The summed E-state index contributed by atoms with van der Waals surface area (Å²) in [6, 6.07) is 4.61. The van der Waals surface area contributed by atoms with Gasteiger partial charge < -0.3 is 9.80 Å². The van der Waals surface area contributed by atoms with Crippen molar-refractivity contribution < 1.29 is 14.0 Å². The van der Waals surface area contributed by atoms with Crippen LogP contribution in [0.4, 0.5) is 4.39 Å². The molecule has 1 aliphatic rings. The first-order valence-corrected chi connectivity index (χ1v) is 9.46. The van der Waals surface area contributed by atoms with E-state index in [0.29, 0.717) is 31.5 Å². The van der Waals surface area contributed by atoms with E-state index in [-0.39, 0.29) is 23.5 Å². The maximum Gasteiger partial charge on any atom is 0.246 e. The summed E-state index contributed by atoms with van der Waals surface area (Å²) in [6.07, 6.45) is 4.26. The van der Waals surface area contributed by atoms with Crippen molar-refractivity contribution >= 4 is 33.8 Å². The largest absolute Gasteiger partial charge is 0.343 e. The molecule has 0 aliphatic carbocycles. The van der Waals surface area contributed by atoms with Gasteiger partial charge in [0.25, 0.3) is 0 Å². The fourth-order valence-corrected chi connectivity index (χ4v) is 3.43. The second kappa shape index (κ2) is 9.13. The Hall–Kier alpha value is -1.69. The first-order valence-electron chi connectivity index (χ1n) is 8.67. The van der Waals surface area contributed by atoms with E-state index in [0.717, 1.165) is 17.6 Å². The van der Waals surface area contributed by atoms with Gasteiger partial charge in [0.1, 0.15) is 5.82 Å². The maximum atomic E-state index is 13.7. The minimum absolute atomic E-state index is 0.00421. The Bertz CT molecular complexity index is 651. The van der Waals surface area contributed by atoms with Gasteiger partial charge in [-0.05, 0) is 51.0 Å². The third kappa shape index (κ3) is 5.14. The molecule has 4 nitrogen and oxygen atoms in total. The zero-order valence-electron chi connectivity index (χ0n) is 14.7. The summed E-state index contributed by atoms with van der Waals surface area (Å²) < 4.78 is 14.5. The van der Waals surface area contributed by atoms with Crippen LogP contribution < -0.4 is 0 Å². The molecule has 0 bridgehead atoms. The predicted molar refractivity (Wildman–Crippen MR) is 100 cm³/mol. The first kappa shape index (κ1) is 19.6. The van der Waals surface area contributed by atoms with Crippen LogP contribution in [-0.4, -0.2) is 47.8 Å². The smallest absolute Gasteiger partial charge is 0.246 e. The molecule has 25 heavy (non-hydrogen) atoms. The van der Waals surface area contributed by atoms with Gasteiger partial charge >= 0.3 is 0 Å². The van der Waals surface area contributed by atoms with Crippen LogP contribution in [0, 0.1) is 11.7 Å². The SMILES string of the molecule is CCN(CC)C(=O)C1CCN(C(=O)/C=C/c2cc(Br)ccc2F)CC1. The Morgan fingerprint density at radius 2 is 1.92 bits per heavy atom. The Kier molecular flexibility index (Phi) is 7.17. The van der Waals surface area contributed by atoms with Crippen molar-refractivity contribution in [2.45, 2.75) is 26.7 Å². The number of amides is 2. The molecule has 1 aromatic rings. The van der Waals surface area contributed by atoms with Crippen LogP contribution in [0.25, 0.3) is 6.08 Å². The van der Waals surface area contributed by atoms with E-state index in [1.807, 2.05) is 18.7 Å². The molecule has 1 heterocycles. The number of carbonyl (C=O) groups excluding carboxylic acids is 2. The summed E-state index contributed by atoms with van der Waals surface area (Å²) >= 11 is 3.29. The lowest BCUT2D eigenvalue weighted by Gasteiger charge is -2.33. The molecule has 0 aromatic heterocycles. The molecule has 2 amide bonds. The molecule has 1 aliphatic heterocycles. The second-order valence-corrected chi connectivity index (χ2v) is 7.02. The number of rotatable bonds is 5. The number of piperidine rings is 1. The van der Waals surface area contributed by atoms with Crippen LogP contribution in [0.1, 0.15) is 32.3 Å². The lowest BCUT2D eigenvalue weighted by atomic mass is 9.95. The number of nitrogens with zero attached hydrogens (tertiary/aromatic N) is 2. The van der Waals surface area contributed by atoms with E-state index >= 15 is 0 Å². The fraction of sp³-hybridized carbons (Fsp3) is 0.474. The van der Waals surface area contributed by atoms with Crippen LogP contribution in [0.15, 0.2) is 28.7 Å². The van der Waals surface area contributed by atoms with Crippen LogP contribution in [0.5, 0.6) is 0 Å². The highest BCUT2D eigenvalue weighted by atomic mass is 79.9. The number of benzene rings is 1. The Morgan fingerprint density at radius 3 is 2.52 bits per heavy atom. The monoisotopic (exact) mass is 410 g/mol. The van der Waals surface area contributed by atoms with Gasteiger partial charge in [-0.2, -0.15) is 0 Å². The molecule has 136 valence electrons. The van der Waals surface area contributed by atoms with Crippen molar-refractivity contribution in [1.29, 1.82) is 0 Å². The van der Waals surface area contributed by atoms with Crippen LogP contribution in [0.3, 0.4) is 0 Å². The Balaban J connectivity index is 1.92. The second-order valence-electron chi connectivity index (χ2n) is 6.11. The molecule has 0 unspecified atom stereocenters. The topological polar surface area (TPSA) is 40.6 Å². The van der Waals surface area contributed by atoms with Gasteiger partial charge in [0.2, 0.25) is 11.8 Å². The Labute approximate surface area is 156 Å². The zero-order valence-corrected chi connectivity index (χ0v) is 16.3. The van der Waals surface area contributed by atoms with Crippen molar-refractivity contribution in [1.82, 2.24) is 9.80 Å². The van der Waals surface area contributed by atoms with Crippen LogP contribution in [-0.2, 0) is 9.59 Å². The number of halogens is 2. The molecular weight excluding hydrogens is 387 g/mol. The average Bonchev–Trinajstić information content (AvgIpc) is 2.63. The summed E-state index contributed by atoms with van der Waals surface area (Å²) in [5.41, 5.74) is 0.370. The van der Waals surface area contributed by atoms with Gasteiger partial charge in [-0.1, -0.05) is 15.9 Å². The molecular formula is C19H24BrFN2O2. The molecule has 0 spiro atoms. The first-order chi connectivity index (χ1) is 12.0. The Morgan fingerprint density at radius 1 is 1.28 bits per heavy atom. The minimum Gasteiger partial charge on any atom is -0.343 e. The lowest BCUT2D eigenvalue weighted by Crippen LogP contribution is -2.44. The molecule has 0 atom stereocenters. The van der Waals surface area contributed by atoms with Crippen molar-refractivity contribution in [2.24, 2.45) is 5.92 Å². The van der Waals surface area contributed by atoms with E-state index in [1.165, 1.54) is 18.2 Å². The molecule has 1 aromatic carbocycles. The molecule has 6 heteroatoms. The van der Waals surface area contributed by atoms with E-state index in [4.69, 9.17) is 0 Å². The number of likely N-dealkylation sites (tertiary alicyclic amines) is 1. The van der Waals surface area contributed by atoms with Gasteiger partial charge in [0.15, 0.2) is 0 Å². The molecule has 0 saturated carbocycles. The van der Waals surface area contributed by atoms with E-state index in [1.54, 1.807) is 17.0 Å². The summed E-state index contributed by atoms with van der Waals surface area (Å²) in [5.74, 6) is -0.330. The van der Waals surface area contributed by atoms with Gasteiger partial charge in [-0.15, -0.1) is 0 Å². The van der Waals surface area contributed by atoms with Crippen LogP contribution >= 0.6 is 15.9 Å². The summed E-state index contributed by atoms with van der Waals surface area (Å²) in [5, 5.41) is 0. The van der Waals surface area contributed by atoms with Crippen molar-refractivity contribution in [2.75, 3.05) is 26.2 Å². The van der Waals surface area contributed by atoms with Crippen LogP contribution in [0.2, 0.25) is 0 Å². The summed E-state index contributed by atoms with van der Waals surface area (Å²) in [4.78, 5) is 28.2. The highest BCUT2D eigenvalue weighted by molar-refractivity contribution is 9.10. The van der Waals surface area contributed by atoms with E-state index in [9.17, 15) is 14.0 Å². The van der Waals surface area contributed by atoms with Gasteiger partial charge in [0, 0.05) is 48.2 Å². The summed E-state index contributed by atoms with van der Waals surface area (Å²) in [7, 11) is 0. The molecule has 1 fully saturated rings. The maximum absolute atomic E-state index is 13.7. The molecule has 1 saturated heterocycles. The van der Waals surface area contributed by atoms with Gasteiger partial charge in [-0.3, -0.25) is 9.59 Å². The van der Waals surface area contributed by atoms with E-state index in [2.05, 4.69) is 15.9 Å². The van der Waals surface area contributed by atoms with Gasteiger partial charge in [-0.25, -0.2) is 4.39 Å². The standard InChI is InChI=1S/C19H24BrFN2O2/c1-3-22(4-2)19(25)14-9-11-23(12-10-14)18(24)8-5-15-13-16(20)6-7-17(15)21/h5-8,13-14H,3-4,9-12H2,1-2H3/b8-5+. The van der Waals surface area contributed by atoms with Crippen molar-refractivity contribution in [3.05, 3.63) is 40.1 Å². The molecule has 2 rings (SSSR count). The minimum atomic E-state index is -0.365. The number of hydrogen-bond acceptors (Lipinski definition) is 2. The normalized spacial score (nSPS) is 15.6. The fourth-order valence-electron chi connectivity index (χ4n) is 3.05. The number of carbonyl (C=O) groups is 2.